The number of carbonyl (C=O) groups excluding carboxylic acids is 1. The van der Waals surface area contributed by atoms with Crippen LogP contribution < -0.4 is 16.6 Å². The molecule has 0 aliphatic rings. The fraction of sp³-hybridized carbons (Fsp3) is 0.176. The van der Waals surface area contributed by atoms with Crippen LogP contribution in [0.3, 0.4) is 0 Å². The molecular formula is C17H18BrN5O. The largest absolute Gasteiger partial charge is 0.384 e. The number of anilines is 1. The molecule has 4 N–H and O–H groups in total. The summed E-state index contributed by atoms with van der Waals surface area (Å²) in [6.45, 7) is 1.64. The van der Waals surface area contributed by atoms with Gasteiger partial charge in [0.15, 0.2) is 0 Å². The lowest BCUT2D eigenvalue weighted by molar-refractivity contribution is 0.0954. The molecule has 0 unspecified atom stereocenters. The predicted molar refractivity (Wildman–Crippen MR) is 98.6 cm³/mol. The number of nitrogens with one attached hydrogen (secondary N) is 2. The second kappa shape index (κ2) is 7.46. The summed E-state index contributed by atoms with van der Waals surface area (Å²) in [6, 6.07) is 9.79. The van der Waals surface area contributed by atoms with Crippen molar-refractivity contribution in [2.45, 2.75) is 13.0 Å². The third-order valence-corrected chi connectivity index (χ3v) is 4.26. The minimum atomic E-state index is -0.364. The molecule has 0 aliphatic heterocycles. The maximum atomic E-state index is 12.1. The summed E-state index contributed by atoms with van der Waals surface area (Å²) in [4.78, 5) is 16.4. The Morgan fingerprint density at radius 3 is 2.83 bits per heavy atom. The van der Waals surface area contributed by atoms with E-state index in [1.807, 2.05) is 42.7 Å². The van der Waals surface area contributed by atoms with Gasteiger partial charge in [0.1, 0.15) is 0 Å². The number of aromatic nitrogens is 2. The molecule has 124 valence electrons. The number of nitrogens with two attached hydrogens (primary N) is 1. The Hall–Kier alpha value is -2.38. The van der Waals surface area contributed by atoms with Crippen molar-refractivity contribution in [3.63, 3.8) is 0 Å². The van der Waals surface area contributed by atoms with Crippen LogP contribution in [-0.4, -0.2) is 22.0 Å². The molecule has 0 spiro atoms. The first-order valence-corrected chi connectivity index (χ1v) is 8.42. The Morgan fingerprint density at radius 2 is 2.08 bits per heavy atom. The molecule has 0 radical (unpaired) electrons. The van der Waals surface area contributed by atoms with E-state index in [1.165, 1.54) is 0 Å². The van der Waals surface area contributed by atoms with Gasteiger partial charge in [-0.1, -0.05) is 15.9 Å². The molecule has 7 heteroatoms. The number of nitrogen functional groups attached to an aromatic ring is 1. The van der Waals surface area contributed by atoms with E-state index in [0.29, 0.717) is 5.56 Å². The van der Waals surface area contributed by atoms with Gasteiger partial charge in [-0.25, -0.2) is 5.84 Å². The van der Waals surface area contributed by atoms with Crippen LogP contribution in [0.15, 0.2) is 53.4 Å². The molecule has 2 aromatic heterocycles. The summed E-state index contributed by atoms with van der Waals surface area (Å²) in [6.07, 6.45) is 6.54. The predicted octanol–water partition coefficient (Wildman–Crippen LogP) is 2.90. The van der Waals surface area contributed by atoms with Gasteiger partial charge < -0.3 is 9.88 Å². The van der Waals surface area contributed by atoms with Crippen LogP contribution in [0.1, 0.15) is 16.8 Å². The number of benzene rings is 1. The molecule has 0 saturated carbocycles. The monoisotopic (exact) mass is 387 g/mol. The van der Waals surface area contributed by atoms with Crippen molar-refractivity contribution >= 4 is 38.4 Å². The minimum absolute atomic E-state index is 0.364. The molecule has 2 heterocycles. The van der Waals surface area contributed by atoms with E-state index in [1.54, 1.807) is 6.20 Å². The smallest absolute Gasteiger partial charge is 0.268 e. The number of hydrogen-bond acceptors (Lipinski definition) is 4. The lowest BCUT2D eigenvalue weighted by atomic mass is 10.1. The van der Waals surface area contributed by atoms with Crippen LogP contribution in [0.4, 0.5) is 5.69 Å². The molecule has 0 aliphatic carbocycles. The molecule has 0 atom stereocenters. The molecule has 0 bridgehead atoms. The zero-order valence-corrected chi connectivity index (χ0v) is 14.6. The number of nitrogens with zero attached hydrogens (tertiary/aromatic N) is 2. The summed E-state index contributed by atoms with van der Waals surface area (Å²) in [7, 11) is 0. The first-order valence-electron chi connectivity index (χ1n) is 7.63. The second-order valence-electron chi connectivity index (χ2n) is 5.38. The minimum Gasteiger partial charge on any atom is -0.384 e. The van der Waals surface area contributed by atoms with Gasteiger partial charge in [-0.2, -0.15) is 0 Å². The zero-order chi connectivity index (χ0) is 16.9. The van der Waals surface area contributed by atoms with Crippen molar-refractivity contribution in [1.82, 2.24) is 15.0 Å². The van der Waals surface area contributed by atoms with E-state index in [0.717, 1.165) is 40.6 Å². The highest BCUT2D eigenvalue weighted by molar-refractivity contribution is 9.10. The maximum absolute atomic E-state index is 12.1. The fourth-order valence-corrected chi connectivity index (χ4v) is 2.96. The molecule has 1 amide bonds. The number of aryl methyl sites for hydroxylation is 1. The Bertz CT molecular complexity index is 848. The van der Waals surface area contributed by atoms with Crippen LogP contribution in [0.5, 0.6) is 0 Å². The highest BCUT2D eigenvalue weighted by Crippen LogP contribution is 2.28. The third-order valence-electron chi connectivity index (χ3n) is 3.77. The molecule has 0 fully saturated rings. The highest BCUT2D eigenvalue weighted by Gasteiger charge is 2.14. The Labute approximate surface area is 148 Å². The van der Waals surface area contributed by atoms with Crippen molar-refractivity contribution in [3.8, 4) is 0 Å². The van der Waals surface area contributed by atoms with E-state index < -0.39 is 0 Å². The lowest BCUT2D eigenvalue weighted by Gasteiger charge is -2.14. The summed E-state index contributed by atoms with van der Waals surface area (Å²) in [5.74, 6) is 4.93. The van der Waals surface area contributed by atoms with Gasteiger partial charge in [0, 0.05) is 41.5 Å². The zero-order valence-electron chi connectivity index (χ0n) is 13.0. The molecule has 6 nitrogen and oxygen atoms in total. The highest BCUT2D eigenvalue weighted by atomic mass is 79.9. The molecule has 1 aromatic carbocycles. The number of hydrazine groups is 1. The van der Waals surface area contributed by atoms with E-state index in [9.17, 15) is 4.79 Å². The van der Waals surface area contributed by atoms with Crippen molar-refractivity contribution in [2.24, 2.45) is 5.84 Å². The van der Waals surface area contributed by atoms with Gasteiger partial charge in [0.2, 0.25) is 0 Å². The standard InChI is InChI=1S/C17H18BrN5O/c18-12-4-5-15-13(10-12)16(14(11-21-15)17(24)22-19)20-6-3-9-23-7-1-2-8-23/h1-2,4-5,7-8,10-11H,3,6,9,19H2,(H,20,21)(H,22,24). The first kappa shape index (κ1) is 16.5. The quantitative estimate of drug-likeness (QED) is 0.262. The normalized spacial score (nSPS) is 10.8. The SMILES string of the molecule is NNC(=O)c1cnc2ccc(Br)cc2c1NCCCn1cccc1. The lowest BCUT2D eigenvalue weighted by Crippen LogP contribution is -2.31. The first-order chi connectivity index (χ1) is 11.7. The van der Waals surface area contributed by atoms with Gasteiger partial charge >= 0.3 is 0 Å². The Kier molecular flexibility index (Phi) is 5.12. The van der Waals surface area contributed by atoms with E-state index in [-0.39, 0.29) is 5.91 Å². The van der Waals surface area contributed by atoms with Crippen LogP contribution in [0, 0.1) is 0 Å². The number of rotatable bonds is 6. The van der Waals surface area contributed by atoms with Crippen LogP contribution in [0.25, 0.3) is 10.9 Å². The summed E-state index contributed by atoms with van der Waals surface area (Å²) in [5, 5.41) is 4.25. The van der Waals surface area contributed by atoms with Gasteiger partial charge in [-0.05, 0) is 36.8 Å². The molecular weight excluding hydrogens is 370 g/mol. The average molecular weight is 388 g/mol. The molecule has 3 rings (SSSR count). The van der Waals surface area contributed by atoms with E-state index >= 15 is 0 Å². The number of fused-ring (bicyclic) bond motifs is 1. The third kappa shape index (κ3) is 3.58. The van der Waals surface area contributed by atoms with Crippen molar-refractivity contribution < 1.29 is 4.79 Å². The van der Waals surface area contributed by atoms with Gasteiger partial charge in [0.05, 0.1) is 16.8 Å². The summed E-state index contributed by atoms with van der Waals surface area (Å²) < 4.78 is 3.05. The fourth-order valence-electron chi connectivity index (χ4n) is 2.60. The maximum Gasteiger partial charge on any atom is 0.268 e. The van der Waals surface area contributed by atoms with Gasteiger partial charge in [0.25, 0.3) is 5.91 Å². The summed E-state index contributed by atoms with van der Waals surface area (Å²) in [5.41, 5.74) is 4.18. The van der Waals surface area contributed by atoms with Crippen molar-refractivity contribution in [1.29, 1.82) is 0 Å². The second-order valence-corrected chi connectivity index (χ2v) is 6.30. The van der Waals surface area contributed by atoms with Gasteiger partial charge in [-0.3, -0.25) is 15.2 Å². The summed E-state index contributed by atoms with van der Waals surface area (Å²) >= 11 is 3.47. The van der Waals surface area contributed by atoms with Crippen LogP contribution in [0.2, 0.25) is 0 Å². The molecule has 3 aromatic rings. The number of pyridine rings is 1. The number of carbonyl (C=O) groups is 1. The molecule has 24 heavy (non-hydrogen) atoms. The average Bonchev–Trinajstić information content (AvgIpc) is 3.11. The van der Waals surface area contributed by atoms with Crippen molar-refractivity contribution in [3.05, 3.63) is 59.0 Å². The Balaban J connectivity index is 1.85. The number of hydrogen-bond donors (Lipinski definition) is 3. The van der Waals surface area contributed by atoms with Crippen molar-refractivity contribution in [2.75, 3.05) is 11.9 Å². The topological polar surface area (TPSA) is 85.0 Å². The number of amides is 1. The molecule has 0 saturated heterocycles. The number of halogens is 1. The van der Waals surface area contributed by atoms with E-state index in [2.05, 4.69) is 36.2 Å². The van der Waals surface area contributed by atoms with Gasteiger partial charge in [-0.15, -0.1) is 0 Å². The van der Waals surface area contributed by atoms with E-state index in [4.69, 9.17) is 5.84 Å². The van der Waals surface area contributed by atoms with Crippen LogP contribution in [-0.2, 0) is 6.54 Å². The Morgan fingerprint density at radius 1 is 1.29 bits per heavy atom. The van der Waals surface area contributed by atoms with Crippen LogP contribution >= 0.6 is 15.9 Å².